The number of aliphatic imine (C=N–C) groups is 1. The van der Waals surface area contributed by atoms with E-state index in [-0.39, 0.29) is 24.0 Å². The third-order valence-electron chi connectivity index (χ3n) is 5.35. The van der Waals surface area contributed by atoms with Gasteiger partial charge in [0.15, 0.2) is 5.96 Å². The highest BCUT2D eigenvalue weighted by Crippen LogP contribution is 2.24. The van der Waals surface area contributed by atoms with E-state index in [9.17, 15) is 0 Å². The van der Waals surface area contributed by atoms with Crippen LogP contribution in [0.3, 0.4) is 0 Å². The SMILES string of the molecule is I.c1ccc(CCNC(=NCCc2ccco2)N2CCC(c3ncn[nH]3)CC2)cc1. The molecule has 0 atom stereocenters. The molecule has 8 heteroatoms. The molecular weight excluding hydrogens is 491 g/mol. The fourth-order valence-electron chi connectivity index (χ4n) is 3.73. The van der Waals surface area contributed by atoms with Crippen LogP contribution in [-0.2, 0) is 12.8 Å². The van der Waals surface area contributed by atoms with Crippen molar-refractivity contribution in [3.63, 3.8) is 0 Å². The third-order valence-corrected chi connectivity index (χ3v) is 5.35. The summed E-state index contributed by atoms with van der Waals surface area (Å²) in [6.07, 6.45) is 7.19. The van der Waals surface area contributed by atoms with Gasteiger partial charge in [-0.3, -0.25) is 10.1 Å². The van der Waals surface area contributed by atoms with Crippen molar-refractivity contribution in [2.24, 2.45) is 4.99 Å². The number of rotatable bonds is 7. The first kappa shape index (κ1) is 22.3. The number of nitrogens with one attached hydrogen (secondary N) is 2. The molecule has 0 aliphatic carbocycles. The van der Waals surface area contributed by atoms with Gasteiger partial charge in [-0.1, -0.05) is 30.3 Å². The van der Waals surface area contributed by atoms with E-state index in [0.717, 1.165) is 62.9 Å². The maximum absolute atomic E-state index is 5.44. The molecule has 0 bridgehead atoms. The molecule has 3 aromatic rings. The number of hydrogen-bond acceptors (Lipinski definition) is 4. The zero-order valence-electron chi connectivity index (χ0n) is 17.0. The summed E-state index contributed by atoms with van der Waals surface area (Å²) in [6.45, 7) is 3.50. The van der Waals surface area contributed by atoms with E-state index < -0.39 is 0 Å². The standard InChI is InChI=1S/C22H28N6O.HI/c1-2-5-18(6-3-1)8-12-23-22(24-13-9-20-7-4-16-29-20)28-14-10-19(11-15-28)21-25-17-26-27-21;/h1-7,16-17,19H,8-15H2,(H,23,24)(H,25,26,27);1H. The van der Waals surface area contributed by atoms with E-state index in [1.54, 1.807) is 12.6 Å². The number of nitrogens with zero attached hydrogens (tertiary/aromatic N) is 4. The predicted octanol–water partition coefficient (Wildman–Crippen LogP) is 3.63. The summed E-state index contributed by atoms with van der Waals surface area (Å²) in [4.78, 5) is 11.6. The summed E-state index contributed by atoms with van der Waals surface area (Å²) in [5.41, 5.74) is 1.33. The molecule has 1 saturated heterocycles. The van der Waals surface area contributed by atoms with Crippen LogP contribution in [0.2, 0.25) is 0 Å². The van der Waals surface area contributed by atoms with E-state index in [1.807, 2.05) is 12.1 Å². The summed E-state index contributed by atoms with van der Waals surface area (Å²) in [5.74, 6) is 3.41. The Morgan fingerprint density at radius 2 is 1.97 bits per heavy atom. The number of piperidine rings is 1. The minimum absolute atomic E-state index is 0. The third kappa shape index (κ3) is 6.32. The van der Waals surface area contributed by atoms with E-state index >= 15 is 0 Å². The van der Waals surface area contributed by atoms with Crippen molar-refractivity contribution in [3.8, 4) is 0 Å². The van der Waals surface area contributed by atoms with Gasteiger partial charge in [-0.25, -0.2) is 4.98 Å². The van der Waals surface area contributed by atoms with E-state index in [1.165, 1.54) is 5.56 Å². The Hall–Kier alpha value is -2.36. The molecule has 160 valence electrons. The molecule has 30 heavy (non-hydrogen) atoms. The van der Waals surface area contributed by atoms with Crippen molar-refractivity contribution >= 4 is 29.9 Å². The van der Waals surface area contributed by atoms with Gasteiger partial charge in [0, 0.05) is 38.5 Å². The fraction of sp³-hybridized carbons (Fsp3) is 0.409. The predicted molar refractivity (Wildman–Crippen MR) is 128 cm³/mol. The van der Waals surface area contributed by atoms with E-state index in [2.05, 4.69) is 55.7 Å². The number of halogens is 1. The van der Waals surface area contributed by atoms with Crippen molar-refractivity contribution in [2.75, 3.05) is 26.2 Å². The number of H-pyrrole nitrogens is 1. The molecule has 0 unspecified atom stereocenters. The van der Waals surface area contributed by atoms with Crippen LogP contribution in [0.1, 0.15) is 35.9 Å². The molecule has 1 aromatic carbocycles. The summed E-state index contributed by atoms with van der Waals surface area (Å²) in [5, 5.41) is 10.6. The molecule has 1 fully saturated rings. The highest BCUT2D eigenvalue weighted by Gasteiger charge is 2.24. The molecule has 2 aromatic heterocycles. The number of benzene rings is 1. The van der Waals surface area contributed by atoms with Crippen LogP contribution in [-0.4, -0.2) is 52.2 Å². The summed E-state index contributed by atoms with van der Waals surface area (Å²) >= 11 is 0. The Balaban J connectivity index is 0.00000256. The second-order valence-corrected chi connectivity index (χ2v) is 7.33. The Labute approximate surface area is 194 Å². The number of furan rings is 1. The first-order valence-electron chi connectivity index (χ1n) is 10.3. The summed E-state index contributed by atoms with van der Waals surface area (Å²) < 4.78 is 5.44. The molecule has 7 nitrogen and oxygen atoms in total. The summed E-state index contributed by atoms with van der Waals surface area (Å²) in [6, 6.07) is 14.5. The topological polar surface area (TPSA) is 82.3 Å². The average molecular weight is 520 g/mol. The van der Waals surface area contributed by atoms with E-state index in [0.29, 0.717) is 12.5 Å². The monoisotopic (exact) mass is 520 g/mol. The van der Waals surface area contributed by atoms with Crippen LogP contribution in [0.5, 0.6) is 0 Å². The van der Waals surface area contributed by atoms with Crippen LogP contribution in [0.25, 0.3) is 0 Å². The van der Waals surface area contributed by atoms with Crippen LogP contribution < -0.4 is 5.32 Å². The lowest BCUT2D eigenvalue weighted by molar-refractivity contribution is 0.298. The lowest BCUT2D eigenvalue weighted by Gasteiger charge is -2.33. The van der Waals surface area contributed by atoms with Crippen LogP contribution in [0.4, 0.5) is 0 Å². The Kier molecular flexibility index (Phi) is 8.73. The number of hydrogen-bond donors (Lipinski definition) is 2. The maximum Gasteiger partial charge on any atom is 0.193 e. The minimum Gasteiger partial charge on any atom is -0.469 e. The summed E-state index contributed by atoms with van der Waals surface area (Å²) in [7, 11) is 0. The molecule has 4 rings (SSSR count). The highest BCUT2D eigenvalue weighted by molar-refractivity contribution is 14.0. The normalized spacial score (nSPS) is 15.1. The maximum atomic E-state index is 5.44. The van der Waals surface area contributed by atoms with Crippen molar-refractivity contribution in [3.05, 3.63) is 72.2 Å². The fourth-order valence-corrected chi connectivity index (χ4v) is 3.73. The quantitative estimate of drug-likeness (QED) is 0.283. The molecule has 0 spiro atoms. The molecule has 1 aliphatic rings. The second-order valence-electron chi connectivity index (χ2n) is 7.33. The van der Waals surface area contributed by atoms with Crippen LogP contribution in [0.15, 0.2) is 64.5 Å². The smallest absolute Gasteiger partial charge is 0.193 e. The Morgan fingerprint density at radius 3 is 2.67 bits per heavy atom. The van der Waals surface area contributed by atoms with Gasteiger partial charge in [-0.05, 0) is 37.0 Å². The Bertz CT molecular complexity index is 858. The van der Waals surface area contributed by atoms with E-state index in [4.69, 9.17) is 9.41 Å². The lowest BCUT2D eigenvalue weighted by Crippen LogP contribution is -2.46. The zero-order valence-corrected chi connectivity index (χ0v) is 19.4. The average Bonchev–Trinajstić information content (AvgIpc) is 3.48. The van der Waals surface area contributed by atoms with Crippen molar-refractivity contribution in [2.45, 2.75) is 31.6 Å². The number of aromatic nitrogens is 3. The van der Waals surface area contributed by atoms with Gasteiger partial charge in [0.25, 0.3) is 0 Å². The van der Waals surface area contributed by atoms with Gasteiger partial charge >= 0.3 is 0 Å². The van der Waals surface area contributed by atoms with Crippen LogP contribution >= 0.6 is 24.0 Å². The molecule has 0 radical (unpaired) electrons. The molecule has 2 N–H and O–H groups in total. The zero-order chi connectivity index (χ0) is 19.7. The molecule has 3 heterocycles. The van der Waals surface area contributed by atoms with Gasteiger partial charge in [-0.2, -0.15) is 5.10 Å². The first-order valence-corrected chi connectivity index (χ1v) is 10.3. The number of likely N-dealkylation sites (tertiary alicyclic amines) is 1. The Morgan fingerprint density at radius 1 is 1.13 bits per heavy atom. The molecule has 0 saturated carbocycles. The van der Waals surface area contributed by atoms with Gasteiger partial charge in [0.2, 0.25) is 0 Å². The highest BCUT2D eigenvalue weighted by atomic mass is 127. The van der Waals surface area contributed by atoms with Crippen molar-refractivity contribution < 1.29 is 4.42 Å². The molecular formula is C22H29IN6O. The van der Waals surface area contributed by atoms with Gasteiger partial charge in [0.05, 0.1) is 6.26 Å². The lowest BCUT2D eigenvalue weighted by atomic mass is 9.96. The largest absolute Gasteiger partial charge is 0.469 e. The number of aromatic amines is 1. The van der Waals surface area contributed by atoms with Gasteiger partial charge in [0.1, 0.15) is 17.9 Å². The van der Waals surface area contributed by atoms with Crippen molar-refractivity contribution in [1.29, 1.82) is 0 Å². The molecule has 1 aliphatic heterocycles. The minimum atomic E-state index is 0. The van der Waals surface area contributed by atoms with Crippen LogP contribution in [0, 0.1) is 0 Å². The van der Waals surface area contributed by atoms with Gasteiger partial charge in [-0.15, -0.1) is 24.0 Å². The molecule has 0 amide bonds. The second kappa shape index (κ2) is 11.7. The van der Waals surface area contributed by atoms with Crippen molar-refractivity contribution in [1.82, 2.24) is 25.4 Å². The number of guanidine groups is 1. The first-order chi connectivity index (χ1) is 14.4. The van der Waals surface area contributed by atoms with Gasteiger partial charge < -0.3 is 14.6 Å².